The highest BCUT2D eigenvalue weighted by atomic mass is 79.9. The van der Waals surface area contributed by atoms with Gasteiger partial charge in [-0.2, -0.15) is 0 Å². The zero-order valence-electron chi connectivity index (χ0n) is 14.5. The van der Waals surface area contributed by atoms with Crippen LogP contribution in [0.5, 0.6) is 5.75 Å². The average Bonchev–Trinajstić information content (AvgIpc) is 2.95. The van der Waals surface area contributed by atoms with Gasteiger partial charge in [-0.3, -0.25) is 20.4 Å². The summed E-state index contributed by atoms with van der Waals surface area (Å²) in [4.78, 5) is 24.0. The van der Waals surface area contributed by atoms with Crippen LogP contribution in [0.1, 0.15) is 42.2 Å². The lowest BCUT2D eigenvalue weighted by molar-refractivity contribution is -0.123. The second kappa shape index (κ2) is 8.71. The number of hydrazine groups is 1. The Balaban J connectivity index is 1.87. The van der Waals surface area contributed by atoms with E-state index < -0.39 is 11.8 Å². The number of aromatic nitrogens is 1. The van der Waals surface area contributed by atoms with Gasteiger partial charge in [0.2, 0.25) is 0 Å². The third-order valence-electron chi connectivity index (χ3n) is 3.94. The Hall–Kier alpha value is -2.28. The lowest BCUT2D eigenvalue weighted by Crippen LogP contribution is -2.44. The number of carbonyl (C=O) groups excluding carboxylic acids is 2. The van der Waals surface area contributed by atoms with Crippen molar-refractivity contribution >= 4 is 27.7 Å². The monoisotopic (exact) mass is 407 g/mol. The van der Waals surface area contributed by atoms with E-state index in [1.165, 1.54) is 0 Å². The van der Waals surface area contributed by atoms with Crippen molar-refractivity contribution in [1.29, 1.82) is 0 Å². The van der Waals surface area contributed by atoms with Gasteiger partial charge in [0, 0.05) is 17.7 Å². The number of hydrogen-bond acceptors (Lipinski definition) is 3. The fourth-order valence-corrected chi connectivity index (χ4v) is 2.88. The minimum absolute atomic E-state index is 0.176. The largest absolute Gasteiger partial charge is 0.483 e. The second-order valence-electron chi connectivity index (χ2n) is 5.79. The Kier molecular flexibility index (Phi) is 6.64. The lowest BCUT2D eigenvalue weighted by Gasteiger charge is -2.15. The van der Waals surface area contributed by atoms with Gasteiger partial charge in [0.15, 0.2) is 6.61 Å². The first kappa shape index (κ1) is 19.1. The van der Waals surface area contributed by atoms with Crippen molar-refractivity contribution in [3.63, 3.8) is 0 Å². The molecule has 0 radical (unpaired) electrons. The summed E-state index contributed by atoms with van der Waals surface area (Å²) in [6, 6.07) is 9.33. The normalized spacial score (nSPS) is 11.7. The molecule has 0 aliphatic rings. The predicted octanol–water partition coefficient (Wildman–Crippen LogP) is 3.14. The first-order chi connectivity index (χ1) is 11.9. The predicted molar refractivity (Wildman–Crippen MR) is 99.4 cm³/mol. The molecule has 2 aromatic rings. The summed E-state index contributed by atoms with van der Waals surface area (Å²) in [5, 5.41) is 0. The van der Waals surface area contributed by atoms with Crippen molar-refractivity contribution in [3.8, 4) is 5.75 Å². The van der Waals surface area contributed by atoms with Gasteiger partial charge >= 0.3 is 0 Å². The van der Waals surface area contributed by atoms with Crippen molar-refractivity contribution in [1.82, 2.24) is 15.4 Å². The van der Waals surface area contributed by atoms with E-state index in [1.807, 2.05) is 24.3 Å². The van der Waals surface area contributed by atoms with E-state index in [1.54, 1.807) is 23.9 Å². The van der Waals surface area contributed by atoms with Crippen LogP contribution in [0.4, 0.5) is 0 Å². The highest BCUT2D eigenvalue weighted by Crippen LogP contribution is 2.28. The Morgan fingerprint density at radius 2 is 2.00 bits per heavy atom. The van der Waals surface area contributed by atoms with Crippen LogP contribution in [0.3, 0.4) is 0 Å². The van der Waals surface area contributed by atoms with Crippen molar-refractivity contribution in [3.05, 3.63) is 52.3 Å². The Morgan fingerprint density at radius 1 is 1.28 bits per heavy atom. The fourth-order valence-electron chi connectivity index (χ4n) is 2.36. The molecule has 1 heterocycles. The van der Waals surface area contributed by atoms with Gasteiger partial charge in [-0.25, -0.2) is 0 Å². The topological polar surface area (TPSA) is 72.4 Å². The van der Waals surface area contributed by atoms with Crippen molar-refractivity contribution in [2.45, 2.75) is 26.2 Å². The molecule has 0 saturated carbocycles. The molecule has 1 atom stereocenters. The zero-order valence-corrected chi connectivity index (χ0v) is 16.1. The van der Waals surface area contributed by atoms with Crippen molar-refractivity contribution in [2.75, 3.05) is 6.61 Å². The van der Waals surface area contributed by atoms with Crippen LogP contribution in [-0.4, -0.2) is 23.0 Å². The summed E-state index contributed by atoms with van der Waals surface area (Å²) in [6.07, 6.45) is 2.74. The fraction of sp³-hybridized carbons (Fsp3) is 0.333. The molecule has 1 unspecified atom stereocenters. The molecular formula is C18H22BrN3O3. The number of amides is 2. The minimum Gasteiger partial charge on any atom is -0.483 e. The van der Waals surface area contributed by atoms with Crippen molar-refractivity contribution < 1.29 is 14.3 Å². The molecule has 0 saturated heterocycles. The minimum atomic E-state index is -0.430. The zero-order chi connectivity index (χ0) is 18.4. The molecule has 1 aromatic heterocycles. The van der Waals surface area contributed by atoms with E-state index in [9.17, 15) is 9.59 Å². The van der Waals surface area contributed by atoms with E-state index in [0.717, 1.165) is 16.5 Å². The van der Waals surface area contributed by atoms with E-state index in [0.29, 0.717) is 17.4 Å². The molecule has 2 rings (SSSR count). The van der Waals surface area contributed by atoms with E-state index >= 15 is 0 Å². The number of rotatable bonds is 6. The van der Waals surface area contributed by atoms with Crippen LogP contribution in [-0.2, 0) is 11.8 Å². The average molecular weight is 408 g/mol. The van der Waals surface area contributed by atoms with Crippen LogP contribution in [0.25, 0.3) is 0 Å². The quantitative estimate of drug-likeness (QED) is 0.722. The number of benzene rings is 1. The number of aryl methyl sites for hydroxylation is 1. The molecule has 0 spiro atoms. The molecule has 6 nitrogen and oxygen atoms in total. The van der Waals surface area contributed by atoms with E-state index in [2.05, 4.69) is 40.6 Å². The maximum Gasteiger partial charge on any atom is 0.286 e. The Bertz CT molecular complexity index is 758. The number of halogens is 1. The molecular weight excluding hydrogens is 386 g/mol. The Labute approximate surface area is 155 Å². The second-order valence-corrected chi connectivity index (χ2v) is 6.71. The highest BCUT2D eigenvalue weighted by molar-refractivity contribution is 9.10. The third kappa shape index (κ3) is 5.09. The molecule has 2 amide bonds. The molecule has 2 N–H and O–H groups in total. The van der Waals surface area contributed by atoms with Crippen LogP contribution in [0.2, 0.25) is 0 Å². The number of nitrogens with zero attached hydrogens (tertiary/aromatic N) is 1. The van der Waals surface area contributed by atoms with Crippen LogP contribution < -0.4 is 15.6 Å². The molecule has 134 valence electrons. The van der Waals surface area contributed by atoms with Gasteiger partial charge in [-0.1, -0.05) is 32.0 Å². The van der Waals surface area contributed by atoms with Crippen LogP contribution in [0, 0.1) is 0 Å². The summed E-state index contributed by atoms with van der Waals surface area (Å²) < 4.78 is 8.06. The molecule has 0 bridgehead atoms. The first-order valence-corrected chi connectivity index (χ1v) is 8.84. The SMILES string of the molecule is CCC(C)c1ccccc1OCC(=O)NNC(=O)c1cc(Br)cn1C. The standard InChI is InChI=1S/C18H22BrN3O3/c1-4-12(2)14-7-5-6-8-16(14)25-11-17(23)20-21-18(24)15-9-13(19)10-22(15)3/h5-10,12H,4,11H2,1-3H3,(H,20,23)(H,21,24). The summed E-state index contributed by atoms with van der Waals surface area (Å²) in [5.41, 5.74) is 6.23. The van der Waals surface area contributed by atoms with Crippen LogP contribution in [0.15, 0.2) is 41.0 Å². The molecule has 1 aromatic carbocycles. The number of carbonyl (C=O) groups is 2. The summed E-state index contributed by atoms with van der Waals surface area (Å²) >= 11 is 3.30. The number of ether oxygens (including phenoxy) is 1. The lowest BCUT2D eigenvalue weighted by atomic mass is 9.98. The number of para-hydroxylation sites is 1. The molecule has 0 aliphatic heterocycles. The van der Waals surface area contributed by atoms with Crippen molar-refractivity contribution in [2.24, 2.45) is 7.05 Å². The van der Waals surface area contributed by atoms with Gasteiger partial charge in [0.1, 0.15) is 11.4 Å². The maximum absolute atomic E-state index is 12.0. The Morgan fingerprint density at radius 3 is 2.64 bits per heavy atom. The number of nitrogens with one attached hydrogen (secondary N) is 2. The molecule has 0 aliphatic carbocycles. The first-order valence-electron chi connectivity index (χ1n) is 8.05. The van der Waals surface area contributed by atoms with Gasteiger partial charge in [-0.15, -0.1) is 0 Å². The highest BCUT2D eigenvalue weighted by Gasteiger charge is 2.13. The summed E-state index contributed by atoms with van der Waals surface area (Å²) in [6.45, 7) is 4.04. The molecule has 7 heteroatoms. The van der Waals surface area contributed by atoms with E-state index in [4.69, 9.17) is 4.74 Å². The van der Waals surface area contributed by atoms with Gasteiger partial charge in [-0.05, 0) is 46.0 Å². The number of hydrogen-bond donors (Lipinski definition) is 2. The molecule has 25 heavy (non-hydrogen) atoms. The smallest absolute Gasteiger partial charge is 0.286 e. The third-order valence-corrected chi connectivity index (χ3v) is 4.37. The maximum atomic E-state index is 12.0. The molecule has 0 fully saturated rings. The van der Waals surface area contributed by atoms with Gasteiger partial charge in [0.05, 0.1) is 0 Å². The summed E-state index contributed by atoms with van der Waals surface area (Å²) in [5.74, 6) is 0.196. The summed E-state index contributed by atoms with van der Waals surface area (Å²) in [7, 11) is 1.75. The van der Waals surface area contributed by atoms with Gasteiger partial charge < -0.3 is 9.30 Å². The van der Waals surface area contributed by atoms with Gasteiger partial charge in [0.25, 0.3) is 11.8 Å². The van der Waals surface area contributed by atoms with E-state index in [-0.39, 0.29) is 6.61 Å². The van der Waals surface area contributed by atoms with Crippen LogP contribution >= 0.6 is 15.9 Å².